The minimum atomic E-state index is 0.255. The van der Waals surface area contributed by atoms with Crippen molar-refractivity contribution >= 4 is 22.8 Å². The maximum Gasteiger partial charge on any atom is 0.224 e. The Bertz CT molecular complexity index is 434. The van der Waals surface area contributed by atoms with Crippen molar-refractivity contribution in [2.75, 3.05) is 0 Å². The van der Waals surface area contributed by atoms with Gasteiger partial charge in [0.1, 0.15) is 11.3 Å². The highest BCUT2D eigenvalue weighted by atomic mass is 35.5. The number of imidazole rings is 1. The Morgan fingerprint density at radius 2 is 2.17 bits per heavy atom. The smallest absolute Gasteiger partial charge is 0.224 e. The van der Waals surface area contributed by atoms with Gasteiger partial charge in [-0.1, -0.05) is 0 Å². The van der Waals surface area contributed by atoms with Gasteiger partial charge in [0, 0.05) is 7.05 Å². The van der Waals surface area contributed by atoms with Crippen LogP contribution in [-0.2, 0) is 7.05 Å². The van der Waals surface area contributed by atoms with Crippen LogP contribution in [0, 0.1) is 6.92 Å². The van der Waals surface area contributed by atoms with Crippen LogP contribution >= 0.6 is 11.6 Å². The molecule has 2 aromatic heterocycles. The van der Waals surface area contributed by atoms with Gasteiger partial charge in [-0.3, -0.25) is 0 Å². The third kappa shape index (κ3) is 0.956. The van der Waals surface area contributed by atoms with Gasteiger partial charge in [0.25, 0.3) is 0 Å². The van der Waals surface area contributed by atoms with E-state index in [1.165, 1.54) is 0 Å². The summed E-state index contributed by atoms with van der Waals surface area (Å²) < 4.78 is 1.88. The van der Waals surface area contributed by atoms with Crippen LogP contribution < -0.4 is 0 Å². The van der Waals surface area contributed by atoms with Crippen LogP contribution in [0.3, 0.4) is 0 Å². The van der Waals surface area contributed by atoms with Crippen molar-refractivity contribution in [3.8, 4) is 0 Å². The summed E-state index contributed by atoms with van der Waals surface area (Å²) in [7, 11) is 1.90. The van der Waals surface area contributed by atoms with Crippen LogP contribution in [0.25, 0.3) is 11.2 Å². The average Bonchev–Trinajstić information content (AvgIpc) is 2.31. The molecule has 0 atom stereocenters. The maximum atomic E-state index is 5.64. The van der Waals surface area contributed by atoms with Gasteiger partial charge < -0.3 is 4.57 Å². The lowest BCUT2D eigenvalue weighted by Gasteiger charge is -1.94. The minimum absolute atomic E-state index is 0.255. The van der Waals surface area contributed by atoms with E-state index in [0.717, 1.165) is 17.0 Å². The van der Waals surface area contributed by atoms with Gasteiger partial charge in [0.2, 0.25) is 5.28 Å². The zero-order chi connectivity index (χ0) is 8.72. The number of hydrogen-bond acceptors (Lipinski definition) is 3. The molecule has 0 aliphatic carbocycles. The first-order valence-corrected chi connectivity index (χ1v) is 3.88. The molecule has 0 fully saturated rings. The van der Waals surface area contributed by atoms with E-state index < -0.39 is 0 Å². The fourth-order valence-corrected chi connectivity index (χ4v) is 1.20. The highest BCUT2D eigenvalue weighted by molar-refractivity contribution is 6.28. The van der Waals surface area contributed by atoms with Crippen molar-refractivity contribution in [2.24, 2.45) is 7.05 Å². The molecule has 0 spiro atoms. The third-order valence-electron chi connectivity index (χ3n) is 1.81. The summed E-state index contributed by atoms with van der Waals surface area (Å²) >= 11 is 5.64. The molecule has 2 heterocycles. The van der Waals surface area contributed by atoms with Crippen LogP contribution in [0.1, 0.15) is 5.82 Å². The average molecular weight is 183 g/mol. The first-order chi connectivity index (χ1) is 5.68. The predicted molar refractivity (Wildman–Crippen MR) is 46.1 cm³/mol. The molecule has 2 aromatic rings. The monoisotopic (exact) mass is 182 g/mol. The van der Waals surface area contributed by atoms with Gasteiger partial charge in [-0.15, -0.1) is 0 Å². The van der Waals surface area contributed by atoms with Gasteiger partial charge in [-0.25, -0.2) is 9.97 Å². The number of rotatable bonds is 0. The van der Waals surface area contributed by atoms with Crippen LogP contribution in [0.2, 0.25) is 5.28 Å². The Balaban J connectivity index is 2.88. The lowest BCUT2D eigenvalue weighted by Crippen LogP contribution is -1.92. The van der Waals surface area contributed by atoms with E-state index in [1.54, 1.807) is 6.20 Å². The van der Waals surface area contributed by atoms with Crippen LogP contribution in [0.5, 0.6) is 0 Å². The molecule has 0 aliphatic heterocycles. The molecule has 0 bridgehead atoms. The predicted octanol–water partition coefficient (Wildman–Crippen LogP) is 1.33. The van der Waals surface area contributed by atoms with E-state index in [1.807, 2.05) is 18.5 Å². The number of fused-ring (bicyclic) bond motifs is 1. The van der Waals surface area contributed by atoms with Crippen LogP contribution in [-0.4, -0.2) is 19.5 Å². The Kier molecular flexibility index (Phi) is 1.51. The topological polar surface area (TPSA) is 43.6 Å². The molecule has 0 unspecified atom stereocenters. The summed E-state index contributed by atoms with van der Waals surface area (Å²) in [5.74, 6) is 0.904. The second-order valence-electron chi connectivity index (χ2n) is 2.57. The largest absolute Gasteiger partial charge is 0.316 e. The van der Waals surface area contributed by atoms with Gasteiger partial charge in [-0.2, -0.15) is 4.98 Å². The third-order valence-corrected chi connectivity index (χ3v) is 1.99. The molecule has 0 aromatic carbocycles. The molecular weight excluding hydrogens is 176 g/mol. The quantitative estimate of drug-likeness (QED) is 0.578. The van der Waals surface area contributed by atoms with Crippen molar-refractivity contribution in [1.29, 1.82) is 0 Å². The zero-order valence-corrected chi connectivity index (χ0v) is 7.50. The lowest BCUT2D eigenvalue weighted by atomic mass is 10.6. The molecule has 0 saturated carbocycles. The fraction of sp³-hybridized carbons (Fsp3) is 0.286. The fourth-order valence-electron chi connectivity index (χ4n) is 1.07. The highest BCUT2D eigenvalue weighted by Gasteiger charge is 2.05. The molecule has 2 rings (SSSR count). The molecule has 0 saturated heterocycles. The lowest BCUT2D eigenvalue weighted by molar-refractivity contribution is 0.873. The van der Waals surface area contributed by atoms with Gasteiger partial charge in [-0.05, 0) is 18.5 Å². The molecular formula is C7H7ClN4. The number of aromatic nitrogens is 4. The van der Waals surface area contributed by atoms with Crippen LogP contribution in [0.4, 0.5) is 0 Å². The Labute approximate surface area is 74.2 Å². The number of aryl methyl sites for hydroxylation is 2. The second kappa shape index (κ2) is 2.42. The first-order valence-electron chi connectivity index (χ1n) is 3.50. The highest BCUT2D eigenvalue weighted by Crippen LogP contribution is 2.12. The van der Waals surface area contributed by atoms with Gasteiger partial charge >= 0.3 is 0 Å². The van der Waals surface area contributed by atoms with E-state index in [-0.39, 0.29) is 5.28 Å². The summed E-state index contributed by atoms with van der Waals surface area (Å²) in [6.07, 6.45) is 1.62. The summed E-state index contributed by atoms with van der Waals surface area (Å²) in [5, 5.41) is 0.255. The molecule has 0 N–H and O–H groups in total. The standard InChI is InChI=1S/C7H7ClN4/c1-4-10-5-3-9-7(8)11-6(5)12(4)2/h3H,1-2H3. The normalized spacial score (nSPS) is 10.9. The summed E-state index contributed by atoms with van der Waals surface area (Å²) in [6, 6.07) is 0. The molecule has 0 aliphatic rings. The van der Waals surface area contributed by atoms with E-state index in [0.29, 0.717) is 0 Å². The summed E-state index contributed by atoms with van der Waals surface area (Å²) in [6.45, 7) is 1.91. The summed E-state index contributed by atoms with van der Waals surface area (Å²) in [5.41, 5.74) is 1.55. The zero-order valence-electron chi connectivity index (χ0n) is 6.74. The van der Waals surface area contributed by atoms with Crippen molar-refractivity contribution in [2.45, 2.75) is 6.92 Å². The molecule has 4 nitrogen and oxygen atoms in total. The number of hydrogen-bond donors (Lipinski definition) is 0. The minimum Gasteiger partial charge on any atom is -0.316 e. The number of nitrogens with zero attached hydrogens (tertiary/aromatic N) is 4. The van der Waals surface area contributed by atoms with E-state index in [9.17, 15) is 0 Å². The van der Waals surface area contributed by atoms with Crippen LogP contribution in [0.15, 0.2) is 6.20 Å². The summed E-state index contributed by atoms with van der Waals surface area (Å²) in [4.78, 5) is 12.1. The van der Waals surface area contributed by atoms with Crippen molar-refractivity contribution in [1.82, 2.24) is 19.5 Å². The van der Waals surface area contributed by atoms with E-state index in [4.69, 9.17) is 11.6 Å². The van der Waals surface area contributed by atoms with Gasteiger partial charge in [0.05, 0.1) is 6.20 Å². The molecule has 12 heavy (non-hydrogen) atoms. The van der Waals surface area contributed by atoms with Crippen molar-refractivity contribution < 1.29 is 0 Å². The number of halogens is 1. The maximum absolute atomic E-state index is 5.64. The molecule has 0 radical (unpaired) electrons. The van der Waals surface area contributed by atoms with E-state index in [2.05, 4.69) is 15.0 Å². The van der Waals surface area contributed by atoms with Crippen molar-refractivity contribution in [3.63, 3.8) is 0 Å². The van der Waals surface area contributed by atoms with E-state index >= 15 is 0 Å². The Morgan fingerprint density at radius 1 is 1.42 bits per heavy atom. The Morgan fingerprint density at radius 3 is 2.92 bits per heavy atom. The van der Waals surface area contributed by atoms with Gasteiger partial charge in [0.15, 0.2) is 5.65 Å². The first kappa shape index (κ1) is 7.49. The second-order valence-corrected chi connectivity index (χ2v) is 2.90. The Hall–Kier alpha value is -1.16. The molecule has 0 amide bonds. The van der Waals surface area contributed by atoms with Crippen molar-refractivity contribution in [3.05, 3.63) is 17.3 Å². The SMILES string of the molecule is Cc1nc2cnc(Cl)nc2n1C. The molecule has 62 valence electrons. The molecule has 5 heteroatoms.